The Morgan fingerprint density at radius 3 is 2.67 bits per heavy atom. The zero-order valence-corrected chi connectivity index (χ0v) is 16.9. The van der Waals surface area contributed by atoms with E-state index in [0.717, 1.165) is 19.3 Å². The van der Waals surface area contributed by atoms with Gasteiger partial charge in [-0.05, 0) is 62.9 Å². The molecule has 0 fully saturated rings. The third-order valence-corrected chi connectivity index (χ3v) is 7.59. The lowest BCUT2D eigenvalue weighted by molar-refractivity contribution is 0.0126. The Balaban J connectivity index is 1.66. The molecule has 138 valence electrons. The lowest BCUT2D eigenvalue weighted by Gasteiger charge is -2.26. The van der Waals surface area contributed by atoms with E-state index in [1.807, 2.05) is 32.0 Å². The largest absolute Gasteiger partial charge is 0.452 e. The normalized spacial score (nSPS) is 15.1. The van der Waals surface area contributed by atoms with Crippen LogP contribution in [0.2, 0.25) is 0 Å². The second kappa shape index (κ2) is 6.97. The quantitative estimate of drug-likeness (QED) is 0.280. The van der Waals surface area contributed by atoms with Gasteiger partial charge in [-0.2, -0.15) is 0 Å². The van der Waals surface area contributed by atoms with Crippen molar-refractivity contribution in [3.63, 3.8) is 0 Å². The lowest BCUT2D eigenvalue weighted by atomic mass is 9.97. The molecule has 4 rings (SSSR count). The van der Waals surface area contributed by atoms with Gasteiger partial charge >= 0.3 is 5.97 Å². The van der Waals surface area contributed by atoms with Crippen molar-refractivity contribution in [2.24, 2.45) is 0 Å². The molecule has 1 atom stereocenters. The summed E-state index contributed by atoms with van der Waals surface area (Å²) >= 11 is 0. The van der Waals surface area contributed by atoms with E-state index in [-0.39, 0.29) is 16.4 Å². The van der Waals surface area contributed by atoms with Gasteiger partial charge in [-0.3, -0.25) is 0 Å². The fourth-order valence-electron chi connectivity index (χ4n) is 3.87. The number of hydrogen-bond donors (Lipinski definition) is 0. The zero-order valence-electron chi connectivity index (χ0n) is 16.1. The average Bonchev–Trinajstić information content (AvgIpc) is 3.29. The molecular weight excluding hydrogens is 352 g/mol. The number of carbonyl (C=O) groups is 1. The van der Waals surface area contributed by atoms with Crippen molar-refractivity contribution in [1.29, 1.82) is 0 Å². The molecular formula is C24H25O2S+. The van der Waals surface area contributed by atoms with Crippen LogP contribution in [0.5, 0.6) is 0 Å². The first-order valence-corrected chi connectivity index (χ1v) is 10.7. The summed E-state index contributed by atoms with van der Waals surface area (Å²) in [5, 5.41) is 1.28. The highest BCUT2D eigenvalue weighted by Gasteiger charge is 2.30. The number of allylic oxidation sites excluding steroid dienone is 1. The molecule has 1 heterocycles. The minimum absolute atomic E-state index is 0.120. The fraction of sp³-hybridized carbons (Fsp3) is 0.292. The number of esters is 1. The van der Waals surface area contributed by atoms with E-state index in [4.69, 9.17) is 4.74 Å². The van der Waals surface area contributed by atoms with Crippen molar-refractivity contribution in [3.05, 3.63) is 76.7 Å². The van der Waals surface area contributed by atoms with Crippen LogP contribution < -0.4 is 0 Å². The highest BCUT2D eigenvalue weighted by molar-refractivity contribution is 7.45. The Hall–Kier alpha value is -2.39. The molecule has 1 aromatic heterocycles. The van der Waals surface area contributed by atoms with E-state index in [2.05, 4.69) is 49.4 Å². The van der Waals surface area contributed by atoms with Gasteiger partial charge in [0.2, 0.25) is 0 Å². The lowest BCUT2D eigenvalue weighted by Crippen LogP contribution is -2.29. The molecule has 0 bridgehead atoms. The van der Waals surface area contributed by atoms with Crippen molar-refractivity contribution >= 4 is 26.5 Å². The molecule has 2 nitrogen and oxygen atoms in total. The van der Waals surface area contributed by atoms with E-state index in [0.29, 0.717) is 5.56 Å². The molecule has 3 aromatic rings. The molecule has 1 unspecified atom stereocenters. The summed E-state index contributed by atoms with van der Waals surface area (Å²) in [6.45, 7) is 6.16. The highest BCUT2D eigenvalue weighted by Crippen LogP contribution is 2.43. The molecule has 3 heteroatoms. The first-order chi connectivity index (χ1) is 13.0. The van der Waals surface area contributed by atoms with Crippen LogP contribution in [0.1, 0.15) is 48.3 Å². The van der Waals surface area contributed by atoms with Crippen molar-refractivity contribution in [2.75, 3.05) is 0 Å². The minimum atomic E-state index is -0.540. The predicted octanol–water partition coefficient (Wildman–Crippen LogP) is 6.93. The van der Waals surface area contributed by atoms with Crippen LogP contribution in [0, 0.1) is 6.92 Å². The molecule has 0 saturated heterocycles. The Morgan fingerprint density at radius 2 is 1.89 bits per heavy atom. The smallest absolute Gasteiger partial charge is 0.339 e. The molecule has 27 heavy (non-hydrogen) atoms. The van der Waals surface area contributed by atoms with Crippen molar-refractivity contribution in [2.45, 2.75) is 45.6 Å². The van der Waals surface area contributed by atoms with Crippen LogP contribution in [-0.4, -0.2) is 11.6 Å². The van der Waals surface area contributed by atoms with Gasteiger partial charge in [-0.1, -0.05) is 24.3 Å². The van der Waals surface area contributed by atoms with Crippen molar-refractivity contribution in [3.8, 4) is 4.90 Å². The van der Waals surface area contributed by atoms with Gasteiger partial charge < -0.3 is 4.74 Å². The average molecular weight is 378 g/mol. The van der Waals surface area contributed by atoms with Crippen molar-refractivity contribution < 1.29 is 9.53 Å². The maximum Gasteiger partial charge on any atom is 0.339 e. The topological polar surface area (TPSA) is 26.3 Å². The fourth-order valence-corrected chi connectivity index (χ4v) is 6.13. The number of ether oxygens (including phenoxy) is 1. The Bertz CT molecular complexity index is 1040. The SMILES string of the molecule is Cc1cc2ccccc2[s+]1-c1cccc(C(=O)OC(C)(C)C2=CCCC2)c1. The number of fused-ring (bicyclic) bond motifs is 1. The third kappa shape index (κ3) is 3.44. The van der Waals surface area contributed by atoms with Crippen LogP contribution in [0.15, 0.2) is 66.2 Å². The standard InChI is InChI=1S/C24H25O2S/c1-17-15-18-9-4-7-14-22(18)27(17)21-13-8-10-19(16-21)23(25)26-24(2,3)20-11-5-6-12-20/h4,7-11,13-16H,5-6,12H2,1-3H3/q+1. The van der Waals surface area contributed by atoms with Gasteiger partial charge in [0.1, 0.15) is 5.60 Å². The molecule has 0 radical (unpaired) electrons. The first kappa shape index (κ1) is 18.0. The van der Waals surface area contributed by atoms with Gasteiger partial charge in [-0.25, -0.2) is 4.79 Å². The van der Waals surface area contributed by atoms with Crippen LogP contribution >= 0.6 is 10.5 Å². The van der Waals surface area contributed by atoms with E-state index in [1.165, 1.54) is 25.4 Å². The van der Waals surface area contributed by atoms with Crippen LogP contribution in [-0.2, 0) is 4.74 Å². The summed E-state index contributed by atoms with van der Waals surface area (Å²) in [6, 6.07) is 18.7. The van der Waals surface area contributed by atoms with Crippen molar-refractivity contribution in [1.82, 2.24) is 0 Å². The summed E-state index contributed by atoms with van der Waals surface area (Å²) in [5.74, 6) is -0.243. The summed E-state index contributed by atoms with van der Waals surface area (Å²) in [4.78, 5) is 15.3. The molecule has 2 aromatic carbocycles. The number of hydrogen-bond acceptors (Lipinski definition) is 2. The van der Waals surface area contributed by atoms with Gasteiger partial charge in [0.05, 0.1) is 5.56 Å². The van der Waals surface area contributed by atoms with E-state index >= 15 is 0 Å². The van der Waals surface area contributed by atoms with Gasteiger partial charge in [0.15, 0.2) is 14.5 Å². The number of thiophene rings is 1. The van der Waals surface area contributed by atoms with E-state index < -0.39 is 5.60 Å². The number of benzene rings is 2. The van der Waals surface area contributed by atoms with Gasteiger partial charge in [0.25, 0.3) is 0 Å². The summed E-state index contributed by atoms with van der Waals surface area (Å²) in [7, 11) is -0.120. The first-order valence-electron chi connectivity index (χ1n) is 9.50. The summed E-state index contributed by atoms with van der Waals surface area (Å²) in [5.41, 5.74) is 1.32. The minimum Gasteiger partial charge on any atom is -0.452 e. The van der Waals surface area contributed by atoms with Crippen LogP contribution in [0.4, 0.5) is 0 Å². The van der Waals surface area contributed by atoms with Gasteiger partial charge in [-0.15, -0.1) is 0 Å². The maximum absolute atomic E-state index is 12.9. The Labute approximate surface area is 163 Å². The Kier molecular flexibility index (Phi) is 4.65. The number of carbonyl (C=O) groups excluding carboxylic acids is 1. The number of aryl methyl sites for hydroxylation is 1. The van der Waals surface area contributed by atoms with Crippen LogP contribution in [0.3, 0.4) is 0 Å². The molecule has 1 aliphatic rings. The Morgan fingerprint density at radius 1 is 1.07 bits per heavy atom. The third-order valence-electron chi connectivity index (χ3n) is 5.29. The van der Waals surface area contributed by atoms with Gasteiger partial charge in [0, 0.05) is 34.9 Å². The monoisotopic (exact) mass is 377 g/mol. The summed E-state index contributed by atoms with van der Waals surface area (Å²) < 4.78 is 7.23. The van der Waals surface area contributed by atoms with E-state index in [1.54, 1.807) is 0 Å². The molecule has 0 spiro atoms. The predicted molar refractivity (Wildman–Crippen MR) is 114 cm³/mol. The molecule has 0 aliphatic heterocycles. The molecule has 0 saturated carbocycles. The molecule has 0 amide bonds. The zero-order chi connectivity index (χ0) is 19.0. The maximum atomic E-state index is 12.9. The highest BCUT2D eigenvalue weighted by atomic mass is 32.2. The molecule has 0 N–H and O–H groups in total. The molecule has 1 aliphatic carbocycles. The second-order valence-corrected chi connectivity index (χ2v) is 9.82. The van der Waals surface area contributed by atoms with Crippen LogP contribution in [0.25, 0.3) is 15.0 Å². The number of rotatable bonds is 4. The van der Waals surface area contributed by atoms with E-state index in [9.17, 15) is 4.79 Å². The second-order valence-electron chi connectivity index (χ2n) is 7.65. The summed E-state index contributed by atoms with van der Waals surface area (Å²) in [6.07, 6.45) is 5.47.